The molecule has 1 aromatic rings. The molecule has 3 aliphatic rings. The molecule has 0 spiro atoms. The van der Waals surface area contributed by atoms with Gasteiger partial charge in [-0.15, -0.1) is 0 Å². The van der Waals surface area contributed by atoms with Crippen LogP contribution >= 0.6 is 0 Å². The maximum Gasteiger partial charge on any atom is 0.343 e. The Labute approximate surface area is 137 Å². The average molecular weight is 315 g/mol. The van der Waals surface area contributed by atoms with Gasteiger partial charge in [0.25, 0.3) is 0 Å². The summed E-state index contributed by atoms with van der Waals surface area (Å²) in [5.41, 5.74) is -0.824. The van der Waals surface area contributed by atoms with Crippen LogP contribution in [0.5, 0.6) is 0 Å². The highest BCUT2D eigenvalue weighted by molar-refractivity contribution is 5.82. The van der Waals surface area contributed by atoms with Gasteiger partial charge in [0.1, 0.15) is 6.10 Å². The van der Waals surface area contributed by atoms with Crippen LogP contribution in [0.15, 0.2) is 30.3 Å². The van der Waals surface area contributed by atoms with Gasteiger partial charge in [-0.05, 0) is 31.2 Å². The van der Waals surface area contributed by atoms with E-state index in [1.54, 1.807) is 0 Å². The predicted octanol–water partition coefficient (Wildman–Crippen LogP) is 2.36. The van der Waals surface area contributed by atoms with Crippen LogP contribution in [0.1, 0.15) is 44.1 Å². The zero-order chi connectivity index (χ0) is 15.9. The molecule has 4 atom stereocenters. The third-order valence-corrected chi connectivity index (χ3v) is 6.07. The summed E-state index contributed by atoms with van der Waals surface area (Å²) < 4.78 is 5.88. The van der Waals surface area contributed by atoms with E-state index < -0.39 is 11.6 Å². The summed E-state index contributed by atoms with van der Waals surface area (Å²) >= 11 is 0. The molecule has 1 aliphatic heterocycles. The van der Waals surface area contributed by atoms with Crippen molar-refractivity contribution in [3.8, 4) is 0 Å². The molecule has 23 heavy (non-hydrogen) atoms. The Hall–Kier alpha value is -1.39. The van der Waals surface area contributed by atoms with E-state index in [1.807, 2.05) is 30.3 Å². The summed E-state index contributed by atoms with van der Waals surface area (Å²) in [5, 5.41) is 14.8. The fourth-order valence-corrected chi connectivity index (χ4v) is 4.74. The van der Waals surface area contributed by atoms with Crippen molar-refractivity contribution in [1.29, 1.82) is 0 Å². The lowest BCUT2D eigenvalue weighted by Crippen LogP contribution is -2.46. The first-order valence-corrected chi connectivity index (χ1v) is 8.92. The average Bonchev–Trinajstić information content (AvgIpc) is 3.33. The number of aliphatic hydroxyl groups is 1. The molecule has 2 bridgehead atoms. The number of hydrogen-bond donors (Lipinski definition) is 2. The van der Waals surface area contributed by atoms with E-state index in [0.717, 1.165) is 45.1 Å². The van der Waals surface area contributed by atoms with Crippen molar-refractivity contribution in [2.45, 2.75) is 56.3 Å². The highest BCUT2D eigenvalue weighted by Crippen LogP contribution is 2.43. The molecule has 1 heterocycles. The molecule has 3 fully saturated rings. The topological polar surface area (TPSA) is 58.6 Å². The second-order valence-electron chi connectivity index (χ2n) is 7.34. The molecule has 2 saturated carbocycles. The van der Waals surface area contributed by atoms with Crippen molar-refractivity contribution < 1.29 is 14.6 Å². The van der Waals surface area contributed by atoms with Gasteiger partial charge in [0, 0.05) is 24.4 Å². The van der Waals surface area contributed by atoms with Crippen LogP contribution in [0.3, 0.4) is 0 Å². The molecular weight excluding hydrogens is 290 g/mol. The lowest BCUT2D eigenvalue weighted by Gasteiger charge is -2.33. The summed E-state index contributed by atoms with van der Waals surface area (Å²) in [6.07, 6.45) is 6.02. The molecule has 0 aromatic heterocycles. The SMILES string of the molecule is O=C(OC1C2CC[C@@H]1NC2)C(O)(c1ccccc1)C1CCCC1. The highest BCUT2D eigenvalue weighted by atomic mass is 16.6. The summed E-state index contributed by atoms with van der Waals surface area (Å²) in [7, 11) is 0. The zero-order valence-corrected chi connectivity index (χ0v) is 13.4. The monoisotopic (exact) mass is 315 g/mol. The van der Waals surface area contributed by atoms with E-state index in [1.165, 1.54) is 0 Å². The van der Waals surface area contributed by atoms with Crippen molar-refractivity contribution in [1.82, 2.24) is 5.32 Å². The van der Waals surface area contributed by atoms with Crippen LogP contribution in [-0.4, -0.2) is 29.8 Å². The van der Waals surface area contributed by atoms with E-state index in [9.17, 15) is 9.90 Å². The Balaban J connectivity index is 1.61. The number of nitrogens with one attached hydrogen (secondary N) is 1. The van der Waals surface area contributed by atoms with Gasteiger partial charge < -0.3 is 15.2 Å². The van der Waals surface area contributed by atoms with Crippen LogP contribution in [0.2, 0.25) is 0 Å². The lowest BCUT2D eigenvalue weighted by molar-refractivity contribution is -0.180. The molecular formula is C19H25NO3. The van der Waals surface area contributed by atoms with Crippen LogP contribution < -0.4 is 5.32 Å². The third kappa shape index (κ3) is 2.48. The first-order valence-electron chi connectivity index (χ1n) is 8.92. The molecule has 2 N–H and O–H groups in total. The van der Waals surface area contributed by atoms with Crippen LogP contribution in [0, 0.1) is 11.8 Å². The maximum atomic E-state index is 13.0. The van der Waals surface area contributed by atoms with Crippen LogP contribution in [-0.2, 0) is 15.1 Å². The molecule has 0 radical (unpaired) electrons. The fraction of sp³-hybridized carbons (Fsp3) is 0.632. The molecule has 124 valence electrons. The number of esters is 1. The number of hydrogen-bond acceptors (Lipinski definition) is 4. The molecule has 4 nitrogen and oxygen atoms in total. The number of carbonyl (C=O) groups excluding carboxylic acids is 1. The van der Waals surface area contributed by atoms with Gasteiger partial charge in [0.05, 0.1) is 0 Å². The smallest absolute Gasteiger partial charge is 0.343 e. The summed E-state index contributed by atoms with van der Waals surface area (Å²) in [4.78, 5) is 13.0. The van der Waals surface area contributed by atoms with E-state index in [-0.39, 0.29) is 18.1 Å². The number of carbonyl (C=O) groups is 1. The van der Waals surface area contributed by atoms with Gasteiger partial charge in [-0.2, -0.15) is 0 Å². The number of piperidine rings is 1. The molecule has 1 aromatic carbocycles. The van der Waals surface area contributed by atoms with Gasteiger partial charge in [-0.1, -0.05) is 43.2 Å². The van der Waals surface area contributed by atoms with Crippen LogP contribution in [0.25, 0.3) is 0 Å². The molecule has 1 saturated heterocycles. The van der Waals surface area contributed by atoms with E-state index in [2.05, 4.69) is 5.32 Å². The Morgan fingerprint density at radius 1 is 1.13 bits per heavy atom. The zero-order valence-electron chi connectivity index (χ0n) is 13.4. The normalized spacial score (nSPS) is 32.8. The van der Waals surface area contributed by atoms with Crippen molar-refractivity contribution in [3.63, 3.8) is 0 Å². The van der Waals surface area contributed by atoms with Crippen molar-refractivity contribution in [2.24, 2.45) is 11.8 Å². The Bertz CT molecular complexity index is 549. The molecule has 4 heteroatoms. The Morgan fingerprint density at radius 2 is 1.87 bits per heavy atom. The maximum absolute atomic E-state index is 13.0. The molecule has 3 unspecified atom stereocenters. The molecule has 2 aliphatic carbocycles. The van der Waals surface area contributed by atoms with Gasteiger partial charge in [-0.25, -0.2) is 4.79 Å². The van der Waals surface area contributed by atoms with Gasteiger partial charge >= 0.3 is 5.97 Å². The fourth-order valence-electron chi connectivity index (χ4n) is 4.74. The minimum atomic E-state index is -1.50. The molecule has 0 amide bonds. The van der Waals surface area contributed by atoms with Crippen molar-refractivity contribution >= 4 is 5.97 Å². The summed E-state index contributed by atoms with van der Waals surface area (Å²) in [6, 6.07) is 9.63. The molecule has 4 rings (SSSR count). The Kier molecular flexibility index (Phi) is 3.90. The number of ether oxygens (including phenoxy) is 1. The highest BCUT2D eigenvalue weighted by Gasteiger charge is 2.51. The second-order valence-corrected chi connectivity index (χ2v) is 7.34. The van der Waals surface area contributed by atoms with E-state index in [4.69, 9.17) is 4.74 Å². The van der Waals surface area contributed by atoms with Crippen molar-refractivity contribution in [2.75, 3.05) is 6.54 Å². The van der Waals surface area contributed by atoms with E-state index in [0.29, 0.717) is 11.5 Å². The quantitative estimate of drug-likeness (QED) is 0.838. The van der Waals surface area contributed by atoms with Gasteiger partial charge in [0.15, 0.2) is 5.60 Å². The minimum absolute atomic E-state index is 0.0376. The largest absolute Gasteiger partial charge is 0.458 e. The summed E-state index contributed by atoms with van der Waals surface area (Å²) in [5.74, 6) is -0.0711. The standard InChI is InChI=1S/C19H25NO3/c21-18(23-17-13-10-11-16(17)20-12-13)19(22,15-8-4-5-9-15)14-6-2-1-3-7-14/h1-3,6-7,13,15-17,20,22H,4-5,8-12H2/t13?,16-,17?,19?/m0/s1. The minimum Gasteiger partial charge on any atom is -0.458 e. The van der Waals surface area contributed by atoms with Crippen LogP contribution in [0.4, 0.5) is 0 Å². The van der Waals surface area contributed by atoms with Crippen molar-refractivity contribution in [3.05, 3.63) is 35.9 Å². The first-order chi connectivity index (χ1) is 11.2. The summed E-state index contributed by atoms with van der Waals surface area (Å²) in [6.45, 7) is 0.926. The number of fused-ring (bicyclic) bond motifs is 2. The van der Waals surface area contributed by atoms with Gasteiger partial charge in [-0.3, -0.25) is 0 Å². The van der Waals surface area contributed by atoms with Gasteiger partial charge in [0.2, 0.25) is 0 Å². The first kappa shape index (κ1) is 15.2. The number of rotatable bonds is 4. The number of benzene rings is 1. The third-order valence-electron chi connectivity index (χ3n) is 6.07. The predicted molar refractivity (Wildman–Crippen MR) is 86.7 cm³/mol. The Morgan fingerprint density at radius 3 is 2.43 bits per heavy atom. The lowest BCUT2D eigenvalue weighted by atomic mass is 9.80. The second kappa shape index (κ2) is 5.91. The van der Waals surface area contributed by atoms with E-state index >= 15 is 0 Å².